The Labute approximate surface area is 232 Å². The van der Waals surface area contributed by atoms with E-state index in [1.807, 2.05) is 35.2 Å². The fraction of sp³-hybridized carbons (Fsp3) is 0.250. The summed E-state index contributed by atoms with van der Waals surface area (Å²) in [5.74, 6) is -0.643. The van der Waals surface area contributed by atoms with Crippen molar-refractivity contribution in [2.24, 2.45) is 0 Å². The molecule has 204 valence electrons. The molecule has 0 radical (unpaired) electrons. The first-order valence-corrected chi connectivity index (χ1v) is 13.1. The zero-order valence-corrected chi connectivity index (χ0v) is 23.1. The fourth-order valence-corrected chi connectivity index (χ4v) is 5.83. The molecule has 1 unspecified atom stereocenters. The molecule has 0 saturated carbocycles. The number of rotatable bonds is 5. The van der Waals surface area contributed by atoms with E-state index in [2.05, 4.69) is 43.4 Å². The van der Waals surface area contributed by atoms with Gasteiger partial charge in [-0.25, -0.2) is 4.79 Å². The van der Waals surface area contributed by atoms with Crippen LogP contribution in [-0.2, 0) is 10.2 Å². The predicted octanol–water partition coefficient (Wildman–Crippen LogP) is 6.30. The smallest absolute Gasteiger partial charge is 0.365 e. The van der Waals surface area contributed by atoms with Crippen molar-refractivity contribution in [1.82, 2.24) is 5.16 Å². The van der Waals surface area contributed by atoms with Crippen LogP contribution >= 0.6 is 0 Å². The third-order valence-corrected chi connectivity index (χ3v) is 7.38. The lowest BCUT2D eigenvalue weighted by atomic mass is 9.65. The number of aromatic nitrogens is 1. The highest BCUT2D eigenvalue weighted by molar-refractivity contribution is 6.07. The summed E-state index contributed by atoms with van der Waals surface area (Å²) in [6, 6.07) is 23.7. The molecule has 5 rings (SSSR count). The van der Waals surface area contributed by atoms with E-state index in [1.165, 1.54) is 6.07 Å². The van der Waals surface area contributed by atoms with Crippen LogP contribution in [0.3, 0.4) is 0 Å². The number of carbonyl (C=O) groups excluding carboxylic acids is 3. The second-order valence-corrected chi connectivity index (χ2v) is 10.9. The van der Waals surface area contributed by atoms with Crippen LogP contribution in [0.5, 0.6) is 5.75 Å². The number of hydrogen-bond donors (Lipinski definition) is 1. The number of fused-ring (bicyclic) bond motifs is 1. The second-order valence-electron chi connectivity index (χ2n) is 10.9. The Morgan fingerprint density at radius 1 is 0.950 bits per heavy atom. The van der Waals surface area contributed by atoms with E-state index in [4.69, 9.17) is 9.26 Å². The highest BCUT2D eigenvalue weighted by Crippen LogP contribution is 2.51. The average molecular weight is 538 g/mol. The van der Waals surface area contributed by atoms with Crippen molar-refractivity contribution < 1.29 is 23.6 Å². The fourth-order valence-electron chi connectivity index (χ4n) is 5.83. The number of hydrogen-bond acceptors (Lipinski definition) is 6. The van der Waals surface area contributed by atoms with Crippen LogP contribution in [0.15, 0.2) is 83.4 Å². The summed E-state index contributed by atoms with van der Waals surface area (Å²) < 4.78 is 10.4. The van der Waals surface area contributed by atoms with E-state index >= 15 is 0 Å². The molecule has 0 fully saturated rings. The van der Waals surface area contributed by atoms with E-state index in [-0.39, 0.29) is 22.9 Å². The predicted molar refractivity (Wildman–Crippen MR) is 152 cm³/mol. The highest BCUT2D eigenvalue weighted by Gasteiger charge is 2.47. The molecule has 1 aliphatic heterocycles. The van der Waals surface area contributed by atoms with Gasteiger partial charge in [-0.3, -0.25) is 9.59 Å². The zero-order valence-electron chi connectivity index (χ0n) is 23.1. The maximum atomic E-state index is 13.4. The quantitative estimate of drug-likeness (QED) is 0.237. The first kappa shape index (κ1) is 26.9. The molecule has 4 aromatic rings. The zero-order chi connectivity index (χ0) is 28.7. The van der Waals surface area contributed by atoms with E-state index in [9.17, 15) is 14.4 Å². The van der Waals surface area contributed by atoms with Gasteiger partial charge in [0.25, 0.3) is 5.91 Å². The Morgan fingerprint density at radius 3 is 2.33 bits per heavy atom. The van der Waals surface area contributed by atoms with Crippen molar-refractivity contribution >= 4 is 29.2 Å². The van der Waals surface area contributed by atoms with E-state index < -0.39 is 22.8 Å². The minimum atomic E-state index is -0.726. The van der Waals surface area contributed by atoms with Gasteiger partial charge in [-0.1, -0.05) is 54.5 Å². The lowest BCUT2D eigenvalue weighted by Crippen LogP contribution is -2.55. The molecule has 8 nitrogen and oxygen atoms in total. The van der Waals surface area contributed by atoms with Gasteiger partial charge in [0.2, 0.25) is 5.91 Å². The number of benzene rings is 3. The minimum absolute atomic E-state index is 0.0144. The number of amides is 2. The molecule has 0 aliphatic carbocycles. The van der Waals surface area contributed by atoms with Crippen molar-refractivity contribution in [3.05, 3.63) is 107 Å². The molecule has 1 N–H and O–H groups in total. The van der Waals surface area contributed by atoms with Crippen molar-refractivity contribution in [3.8, 4) is 5.75 Å². The summed E-state index contributed by atoms with van der Waals surface area (Å²) >= 11 is 0. The third-order valence-electron chi connectivity index (χ3n) is 7.38. The van der Waals surface area contributed by atoms with Gasteiger partial charge >= 0.3 is 5.97 Å². The number of ether oxygens (including phenoxy) is 1. The molecule has 2 heterocycles. The summed E-state index contributed by atoms with van der Waals surface area (Å²) in [5, 5.41) is 6.64. The number of carbonyl (C=O) groups is 3. The average Bonchev–Trinajstić information content (AvgIpc) is 3.35. The van der Waals surface area contributed by atoms with Crippen LogP contribution in [0.1, 0.15) is 71.8 Å². The normalized spacial score (nSPS) is 17.6. The first-order valence-electron chi connectivity index (χ1n) is 13.1. The maximum Gasteiger partial charge on any atom is 0.365 e. The number of nitrogens with zero attached hydrogens (tertiary/aromatic N) is 2. The SMILES string of the molecule is CC(=O)N1c2ccc(NC(=O)c3ccccc3OC(=O)c3cc(C)on3)cc2C(C)(c2ccccc2)CC1(C)C. The number of nitrogens with one attached hydrogen (secondary N) is 1. The number of anilines is 2. The van der Waals surface area contributed by atoms with Gasteiger partial charge in [-0.15, -0.1) is 0 Å². The van der Waals surface area contributed by atoms with Crippen LogP contribution in [0.2, 0.25) is 0 Å². The van der Waals surface area contributed by atoms with Gasteiger partial charge in [0.05, 0.1) is 5.56 Å². The van der Waals surface area contributed by atoms with Gasteiger partial charge in [0.1, 0.15) is 11.5 Å². The van der Waals surface area contributed by atoms with Crippen LogP contribution in [0, 0.1) is 6.92 Å². The number of aryl methyl sites for hydroxylation is 1. The lowest BCUT2D eigenvalue weighted by molar-refractivity contribution is -0.117. The number of esters is 1. The lowest BCUT2D eigenvalue weighted by Gasteiger charge is -2.51. The van der Waals surface area contributed by atoms with Crippen molar-refractivity contribution in [1.29, 1.82) is 0 Å². The Balaban J connectivity index is 1.50. The molecule has 3 aromatic carbocycles. The van der Waals surface area contributed by atoms with E-state index in [1.54, 1.807) is 44.2 Å². The Bertz CT molecular complexity index is 1610. The van der Waals surface area contributed by atoms with Crippen LogP contribution in [0.4, 0.5) is 11.4 Å². The summed E-state index contributed by atoms with van der Waals surface area (Å²) in [6.07, 6.45) is 0.689. The molecule has 1 aliphatic rings. The van der Waals surface area contributed by atoms with Crippen LogP contribution in [-0.4, -0.2) is 28.5 Å². The minimum Gasteiger partial charge on any atom is -0.421 e. The molecule has 0 bridgehead atoms. The van der Waals surface area contributed by atoms with Crippen LogP contribution < -0.4 is 15.0 Å². The van der Waals surface area contributed by atoms with Crippen molar-refractivity contribution in [2.45, 2.75) is 52.0 Å². The largest absolute Gasteiger partial charge is 0.421 e. The molecule has 0 spiro atoms. The molecule has 1 aromatic heterocycles. The molecule has 8 heteroatoms. The molecule has 2 amide bonds. The number of para-hydroxylation sites is 1. The molecular formula is C32H31N3O5. The summed E-state index contributed by atoms with van der Waals surface area (Å²) in [7, 11) is 0. The van der Waals surface area contributed by atoms with Crippen molar-refractivity contribution in [3.63, 3.8) is 0 Å². The van der Waals surface area contributed by atoms with E-state index in [0.717, 1.165) is 16.8 Å². The second kappa shape index (κ2) is 10.1. The van der Waals surface area contributed by atoms with Gasteiger partial charge < -0.3 is 19.5 Å². The molecular weight excluding hydrogens is 506 g/mol. The standard InChI is InChI=1S/C32H31N3O5/c1-20-17-26(34-40-20)30(38)39-28-14-10-9-13-24(28)29(37)33-23-15-16-27-25(18-23)32(5,22-11-7-6-8-12-22)19-31(3,4)35(27)21(2)36/h6-18H,19H2,1-5H3,(H,33,37). The van der Waals surface area contributed by atoms with Gasteiger partial charge in [-0.2, -0.15) is 0 Å². The Hall–Kier alpha value is -4.72. The summed E-state index contributed by atoms with van der Waals surface area (Å²) in [5.41, 5.74) is 2.78. The van der Waals surface area contributed by atoms with Crippen LogP contribution in [0.25, 0.3) is 0 Å². The Morgan fingerprint density at radius 2 is 1.65 bits per heavy atom. The summed E-state index contributed by atoms with van der Waals surface area (Å²) in [4.78, 5) is 40.6. The van der Waals surface area contributed by atoms with Gasteiger partial charge in [0, 0.05) is 35.3 Å². The molecule has 1 atom stereocenters. The van der Waals surface area contributed by atoms with Crippen molar-refractivity contribution in [2.75, 3.05) is 10.2 Å². The third kappa shape index (κ3) is 4.88. The van der Waals surface area contributed by atoms with Gasteiger partial charge in [0.15, 0.2) is 5.69 Å². The summed E-state index contributed by atoms with van der Waals surface area (Å²) in [6.45, 7) is 9.57. The monoisotopic (exact) mass is 537 g/mol. The Kier molecular flexibility index (Phi) is 6.79. The first-order chi connectivity index (χ1) is 19.0. The highest BCUT2D eigenvalue weighted by atomic mass is 16.5. The molecule has 0 saturated heterocycles. The van der Waals surface area contributed by atoms with E-state index in [0.29, 0.717) is 17.9 Å². The molecule has 40 heavy (non-hydrogen) atoms. The topological polar surface area (TPSA) is 102 Å². The van der Waals surface area contributed by atoms with Gasteiger partial charge in [-0.05, 0) is 68.7 Å². The maximum absolute atomic E-state index is 13.4.